The number of rotatable bonds is 6. The van der Waals surface area contributed by atoms with Gasteiger partial charge in [-0.05, 0) is 56.8 Å². The minimum absolute atomic E-state index is 0.0671. The fraction of sp³-hybridized carbons (Fsp3) is 0.458. The van der Waals surface area contributed by atoms with E-state index < -0.39 is 11.6 Å². The van der Waals surface area contributed by atoms with Crippen molar-refractivity contribution in [2.45, 2.75) is 43.6 Å². The zero-order valence-corrected chi connectivity index (χ0v) is 18.0. The Kier molecular flexibility index (Phi) is 8.69. The zero-order chi connectivity index (χ0) is 22.1. The van der Waals surface area contributed by atoms with E-state index in [2.05, 4.69) is 31.1 Å². The summed E-state index contributed by atoms with van der Waals surface area (Å²) >= 11 is 0. The molecule has 1 aliphatic carbocycles. The van der Waals surface area contributed by atoms with Gasteiger partial charge in [-0.3, -0.25) is 0 Å². The Balaban J connectivity index is 0.000000269. The molecule has 0 heterocycles. The molecule has 0 amide bonds. The van der Waals surface area contributed by atoms with Gasteiger partial charge in [-0.1, -0.05) is 43.5 Å². The Morgan fingerprint density at radius 2 is 1.67 bits per heavy atom. The van der Waals surface area contributed by atoms with Crippen molar-refractivity contribution in [3.63, 3.8) is 0 Å². The fourth-order valence-corrected chi connectivity index (χ4v) is 3.95. The van der Waals surface area contributed by atoms with E-state index in [0.29, 0.717) is 0 Å². The molecular formula is C24H33NO5. The maximum absolute atomic E-state index is 11.1. The summed E-state index contributed by atoms with van der Waals surface area (Å²) in [7, 11) is 5.83. The largest absolute Gasteiger partial charge is 0.507 e. The molecule has 6 heteroatoms. The van der Waals surface area contributed by atoms with Crippen LogP contribution in [0.3, 0.4) is 0 Å². The van der Waals surface area contributed by atoms with E-state index in [1.807, 2.05) is 12.1 Å². The number of carboxylic acids is 1. The smallest absolute Gasteiger partial charge is 0.339 e. The van der Waals surface area contributed by atoms with Gasteiger partial charge in [0, 0.05) is 12.5 Å². The molecule has 2 aromatic rings. The lowest BCUT2D eigenvalue weighted by atomic mass is 9.72. The quantitative estimate of drug-likeness (QED) is 0.657. The maximum Gasteiger partial charge on any atom is 0.339 e. The van der Waals surface area contributed by atoms with Gasteiger partial charge in [0.2, 0.25) is 0 Å². The molecule has 1 fully saturated rings. The number of aromatic hydroxyl groups is 1. The van der Waals surface area contributed by atoms with Crippen molar-refractivity contribution in [1.29, 1.82) is 0 Å². The second-order valence-corrected chi connectivity index (χ2v) is 8.07. The maximum atomic E-state index is 11.1. The van der Waals surface area contributed by atoms with E-state index in [0.717, 1.165) is 38.0 Å². The SMILES string of the molecule is COc1ccc(C(CN(C)C)C2(O)CCCCC2)cc1.O=C(O)c1ccccc1O. The van der Waals surface area contributed by atoms with Crippen molar-refractivity contribution >= 4 is 5.97 Å². The third-order valence-electron chi connectivity index (χ3n) is 5.57. The lowest BCUT2D eigenvalue weighted by Gasteiger charge is -2.40. The van der Waals surface area contributed by atoms with Crippen LogP contribution < -0.4 is 4.74 Å². The second-order valence-electron chi connectivity index (χ2n) is 8.07. The molecule has 164 valence electrons. The average Bonchev–Trinajstić information content (AvgIpc) is 2.73. The number of phenols is 1. The Hall–Kier alpha value is -2.57. The molecule has 0 spiro atoms. The van der Waals surface area contributed by atoms with Crippen LogP contribution in [0, 0.1) is 0 Å². The summed E-state index contributed by atoms with van der Waals surface area (Å²) in [5, 5.41) is 28.4. The van der Waals surface area contributed by atoms with Gasteiger partial charge in [-0.2, -0.15) is 0 Å². The number of nitrogens with zero attached hydrogens (tertiary/aromatic N) is 1. The summed E-state index contributed by atoms with van der Waals surface area (Å²) in [6, 6.07) is 14.0. The van der Waals surface area contributed by atoms with Gasteiger partial charge < -0.3 is 25.0 Å². The lowest BCUT2D eigenvalue weighted by molar-refractivity contribution is -0.0277. The van der Waals surface area contributed by atoms with Crippen LogP contribution in [-0.2, 0) is 0 Å². The third kappa shape index (κ3) is 6.47. The predicted octanol–water partition coefficient (Wildman–Crippen LogP) is 4.13. The van der Waals surface area contributed by atoms with Gasteiger partial charge in [0.15, 0.2) is 0 Å². The minimum atomic E-state index is -1.11. The molecule has 6 nitrogen and oxygen atoms in total. The molecule has 0 radical (unpaired) electrons. The number of ether oxygens (including phenoxy) is 1. The van der Waals surface area contributed by atoms with Crippen LogP contribution in [0.4, 0.5) is 0 Å². The summed E-state index contributed by atoms with van der Waals surface area (Å²) in [4.78, 5) is 12.4. The molecule has 3 N–H and O–H groups in total. The third-order valence-corrected chi connectivity index (χ3v) is 5.57. The number of likely N-dealkylation sites (N-methyl/N-ethyl adjacent to an activating group) is 1. The molecule has 0 aliphatic heterocycles. The van der Waals surface area contributed by atoms with E-state index in [1.54, 1.807) is 19.2 Å². The van der Waals surface area contributed by atoms with Crippen LogP contribution in [0.25, 0.3) is 0 Å². The van der Waals surface area contributed by atoms with E-state index in [-0.39, 0.29) is 17.2 Å². The highest BCUT2D eigenvalue weighted by Gasteiger charge is 2.38. The Morgan fingerprint density at radius 1 is 1.07 bits per heavy atom. The van der Waals surface area contributed by atoms with Crippen LogP contribution in [0.15, 0.2) is 48.5 Å². The van der Waals surface area contributed by atoms with Gasteiger partial charge >= 0.3 is 5.97 Å². The van der Waals surface area contributed by atoms with Crippen molar-refractivity contribution in [2.24, 2.45) is 0 Å². The molecule has 3 rings (SSSR count). The number of aromatic carboxylic acids is 1. The molecule has 2 aromatic carbocycles. The highest BCUT2D eigenvalue weighted by molar-refractivity contribution is 5.90. The average molecular weight is 416 g/mol. The number of para-hydroxylation sites is 1. The Morgan fingerprint density at radius 3 is 2.13 bits per heavy atom. The van der Waals surface area contributed by atoms with Gasteiger partial charge in [0.05, 0.1) is 12.7 Å². The summed E-state index contributed by atoms with van der Waals surface area (Å²) in [6.07, 6.45) is 5.35. The van der Waals surface area contributed by atoms with Crippen molar-refractivity contribution < 1.29 is 24.9 Å². The van der Waals surface area contributed by atoms with Crippen LogP contribution in [0.5, 0.6) is 11.5 Å². The van der Waals surface area contributed by atoms with Crippen LogP contribution in [0.2, 0.25) is 0 Å². The number of aliphatic hydroxyl groups is 1. The first-order chi connectivity index (χ1) is 14.3. The number of benzene rings is 2. The summed E-state index contributed by atoms with van der Waals surface area (Å²) in [5.74, 6) is -0.273. The van der Waals surface area contributed by atoms with Crippen molar-refractivity contribution in [3.05, 3.63) is 59.7 Å². The molecule has 1 saturated carbocycles. The zero-order valence-electron chi connectivity index (χ0n) is 18.0. The molecule has 0 saturated heterocycles. The predicted molar refractivity (Wildman–Crippen MR) is 117 cm³/mol. The number of carboxylic acid groups (broad SMARTS) is 1. The summed E-state index contributed by atoms with van der Waals surface area (Å²) in [5.41, 5.74) is 0.586. The number of hydrogen-bond acceptors (Lipinski definition) is 5. The number of methoxy groups -OCH3 is 1. The molecular weight excluding hydrogens is 382 g/mol. The van der Waals surface area contributed by atoms with Gasteiger partial charge in [0.25, 0.3) is 0 Å². The van der Waals surface area contributed by atoms with E-state index in [4.69, 9.17) is 14.9 Å². The van der Waals surface area contributed by atoms with E-state index in [1.165, 1.54) is 24.1 Å². The van der Waals surface area contributed by atoms with Gasteiger partial charge in [0.1, 0.15) is 17.1 Å². The standard InChI is InChI=1S/C17H27NO2.C7H6O3/c1-18(2)13-16(17(19)11-5-4-6-12-17)14-7-9-15(20-3)10-8-14;8-6-4-2-1-3-5(6)7(9)10/h7-10,16,19H,4-6,11-13H2,1-3H3;1-4,8H,(H,9,10). The summed E-state index contributed by atoms with van der Waals surface area (Å²) in [6.45, 7) is 0.878. The van der Waals surface area contributed by atoms with Crippen LogP contribution >= 0.6 is 0 Å². The van der Waals surface area contributed by atoms with Crippen molar-refractivity contribution in [2.75, 3.05) is 27.7 Å². The second kappa shape index (κ2) is 11.0. The summed E-state index contributed by atoms with van der Waals surface area (Å²) < 4.78 is 5.23. The fourth-order valence-electron chi connectivity index (χ4n) is 3.95. The molecule has 1 aliphatic rings. The lowest BCUT2D eigenvalue weighted by Crippen LogP contribution is -2.42. The van der Waals surface area contributed by atoms with Crippen LogP contribution in [0.1, 0.15) is 53.9 Å². The van der Waals surface area contributed by atoms with Crippen molar-refractivity contribution in [3.8, 4) is 11.5 Å². The van der Waals surface area contributed by atoms with Crippen molar-refractivity contribution in [1.82, 2.24) is 4.90 Å². The van der Waals surface area contributed by atoms with Crippen LogP contribution in [-0.4, -0.2) is 59.5 Å². The number of hydrogen-bond donors (Lipinski definition) is 3. The molecule has 30 heavy (non-hydrogen) atoms. The first-order valence-electron chi connectivity index (χ1n) is 10.3. The molecule has 1 unspecified atom stereocenters. The molecule has 0 bridgehead atoms. The molecule has 0 aromatic heterocycles. The van der Waals surface area contributed by atoms with E-state index in [9.17, 15) is 9.90 Å². The number of carbonyl (C=O) groups is 1. The van der Waals surface area contributed by atoms with Gasteiger partial charge in [-0.15, -0.1) is 0 Å². The molecule has 1 atom stereocenters. The first-order valence-corrected chi connectivity index (χ1v) is 10.3. The minimum Gasteiger partial charge on any atom is -0.507 e. The van der Waals surface area contributed by atoms with Gasteiger partial charge in [-0.25, -0.2) is 4.79 Å². The van der Waals surface area contributed by atoms with E-state index >= 15 is 0 Å². The normalized spacial score (nSPS) is 16.3. The topological polar surface area (TPSA) is 90.2 Å². The first kappa shape index (κ1) is 23.7. The monoisotopic (exact) mass is 415 g/mol. The highest BCUT2D eigenvalue weighted by atomic mass is 16.5. The highest BCUT2D eigenvalue weighted by Crippen LogP contribution is 2.40. The Bertz CT molecular complexity index is 797. The Labute approximate surface area is 178 Å².